The number of Topliss-reactive ketones (excluding diaryl/α,β-unsaturated/α-hetero) is 1. The maximum atomic E-state index is 11.6. The number of carbonyl (C=O) groups is 1. The van der Waals surface area contributed by atoms with Gasteiger partial charge in [-0.2, -0.15) is 0 Å². The average Bonchev–Trinajstić information content (AvgIpc) is 2.50. The number of pyridine rings is 1. The second kappa shape index (κ2) is 4.86. The second-order valence-electron chi connectivity index (χ2n) is 6.24. The van der Waals surface area contributed by atoms with Crippen molar-refractivity contribution >= 4 is 18.4 Å². The van der Waals surface area contributed by atoms with Crippen LogP contribution in [0.1, 0.15) is 40.2 Å². The number of H-pyrrole nitrogens is 1. The minimum Gasteiger partial charge on any atom is -0.399 e. The van der Waals surface area contributed by atoms with Gasteiger partial charge in [0.2, 0.25) is 5.56 Å². The predicted octanol–water partition coefficient (Wildman–Crippen LogP) is 0.806. The zero-order valence-electron chi connectivity index (χ0n) is 12.6. The van der Waals surface area contributed by atoms with E-state index in [1.807, 2.05) is 27.7 Å². The molecule has 1 aromatic heterocycles. The summed E-state index contributed by atoms with van der Waals surface area (Å²) in [6.45, 7) is 9.31. The lowest BCUT2D eigenvalue weighted by atomic mass is 9.76. The number of ketones is 1. The van der Waals surface area contributed by atoms with Gasteiger partial charge in [0.15, 0.2) is 0 Å². The van der Waals surface area contributed by atoms with Gasteiger partial charge in [0, 0.05) is 18.7 Å². The van der Waals surface area contributed by atoms with Crippen molar-refractivity contribution in [3.63, 3.8) is 0 Å². The zero-order valence-corrected chi connectivity index (χ0v) is 12.6. The molecule has 1 fully saturated rings. The molecule has 1 N–H and O–H groups in total. The standard InChI is InChI=1S/C14H20BNO4/c1-9(17)6-10-8-16-12(18)7-11(10)15-19-13(2,3)14(4,5)20-15/h7-8H,6H2,1-5H3,(H,16,18). The minimum absolute atomic E-state index is 0.0230. The topological polar surface area (TPSA) is 68.4 Å². The van der Waals surface area contributed by atoms with Gasteiger partial charge in [-0.05, 0) is 45.6 Å². The summed E-state index contributed by atoms with van der Waals surface area (Å²) < 4.78 is 11.9. The average molecular weight is 277 g/mol. The first kappa shape index (κ1) is 15.0. The fourth-order valence-corrected chi connectivity index (χ4v) is 2.13. The van der Waals surface area contributed by atoms with Crippen molar-refractivity contribution in [3.8, 4) is 0 Å². The van der Waals surface area contributed by atoms with Crippen molar-refractivity contribution in [3.05, 3.63) is 28.2 Å². The van der Waals surface area contributed by atoms with E-state index >= 15 is 0 Å². The fraction of sp³-hybridized carbons (Fsp3) is 0.571. The number of aromatic nitrogens is 1. The number of hydrogen-bond acceptors (Lipinski definition) is 4. The molecular formula is C14H20BNO4. The lowest BCUT2D eigenvalue weighted by Gasteiger charge is -2.32. The van der Waals surface area contributed by atoms with E-state index in [0.717, 1.165) is 5.56 Å². The van der Waals surface area contributed by atoms with Crippen LogP contribution in [0.4, 0.5) is 0 Å². The summed E-state index contributed by atoms with van der Waals surface area (Å²) in [5.74, 6) is 0.0230. The van der Waals surface area contributed by atoms with Gasteiger partial charge >= 0.3 is 7.12 Å². The molecule has 0 aliphatic carbocycles. The summed E-state index contributed by atoms with van der Waals surface area (Å²) in [5.41, 5.74) is 0.168. The van der Waals surface area contributed by atoms with Crippen molar-refractivity contribution in [2.45, 2.75) is 52.2 Å². The van der Waals surface area contributed by atoms with Crippen molar-refractivity contribution in [1.29, 1.82) is 0 Å². The first-order valence-corrected chi connectivity index (χ1v) is 6.69. The normalized spacial score (nSPS) is 20.1. The van der Waals surface area contributed by atoms with Crippen molar-refractivity contribution in [1.82, 2.24) is 4.98 Å². The number of hydrogen-bond donors (Lipinski definition) is 1. The van der Waals surface area contributed by atoms with Gasteiger partial charge < -0.3 is 14.3 Å². The molecule has 2 rings (SSSR count). The highest BCUT2D eigenvalue weighted by molar-refractivity contribution is 6.62. The van der Waals surface area contributed by atoms with E-state index in [2.05, 4.69) is 4.98 Å². The van der Waals surface area contributed by atoms with Crippen LogP contribution < -0.4 is 11.0 Å². The molecule has 0 aromatic carbocycles. The molecule has 20 heavy (non-hydrogen) atoms. The van der Waals surface area contributed by atoms with Crippen LogP contribution in [0.25, 0.3) is 0 Å². The summed E-state index contributed by atoms with van der Waals surface area (Å²) in [7, 11) is -0.628. The Labute approximate surface area is 118 Å². The van der Waals surface area contributed by atoms with Gasteiger partial charge in [-0.3, -0.25) is 9.59 Å². The smallest absolute Gasteiger partial charge is 0.399 e. The fourth-order valence-electron chi connectivity index (χ4n) is 2.13. The summed E-state index contributed by atoms with van der Waals surface area (Å²) >= 11 is 0. The number of carbonyl (C=O) groups excluding carboxylic acids is 1. The van der Waals surface area contributed by atoms with Crippen LogP contribution in [0, 0.1) is 0 Å². The van der Waals surface area contributed by atoms with E-state index in [4.69, 9.17) is 9.31 Å². The summed E-state index contributed by atoms with van der Waals surface area (Å²) in [6, 6.07) is 1.44. The maximum Gasteiger partial charge on any atom is 0.495 e. The highest BCUT2D eigenvalue weighted by Gasteiger charge is 2.52. The Morgan fingerprint density at radius 3 is 2.30 bits per heavy atom. The molecule has 1 saturated heterocycles. The van der Waals surface area contributed by atoms with E-state index in [1.54, 1.807) is 6.20 Å². The number of rotatable bonds is 3. The molecule has 2 heterocycles. The van der Waals surface area contributed by atoms with Gasteiger partial charge in [-0.1, -0.05) is 0 Å². The van der Waals surface area contributed by atoms with Gasteiger partial charge in [-0.15, -0.1) is 0 Å². The Morgan fingerprint density at radius 1 is 1.25 bits per heavy atom. The molecule has 0 bridgehead atoms. The number of nitrogens with one attached hydrogen (secondary N) is 1. The zero-order chi connectivity index (χ0) is 15.1. The molecule has 0 spiro atoms. The lowest BCUT2D eigenvalue weighted by Crippen LogP contribution is -2.41. The van der Waals surface area contributed by atoms with Gasteiger partial charge in [0.1, 0.15) is 5.78 Å². The van der Waals surface area contributed by atoms with Gasteiger partial charge in [-0.25, -0.2) is 0 Å². The first-order valence-electron chi connectivity index (χ1n) is 6.69. The Morgan fingerprint density at radius 2 is 1.80 bits per heavy atom. The molecule has 0 radical (unpaired) electrons. The SMILES string of the molecule is CC(=O)Cc1c[nH]c(=O)cc1B1OC(C)(C)C(C)(C)O1. The van der Waals surface area contributed by atoms with Crippen LogP contribution in [0.5, 0.6) is 0 Å². The molecular weight excluding hydrogens is 257 g/mol. The van der Waals surface area contributed by atoms with Crippen molar-refractivity contribution in [2.24, 2.45) is 0 Å². The van der Waals surface area contributed by atoms with Crippen LogP contribution in [-0.4, -0.2) is 29.1 Å². The molecule has 1 aromatic rings. The summed E-state index contributed by atoms with van der Waals surface area (Å²) in [4.78, 5) is 25.5. The molecule has 1 aliphatic rings. The van der Waals surface area contributed by atoms with Gasteiger partial charge in [0.05, 0.1) is 11.2 Å². The Kier molecular flexibility index (Phi) is 3.65. The molecule has 108 valence electrons. The quantitative estimate of drug-likeness (QED) is 0.830. The van der Waals surface area contributed by atoms with Crippen LogP contribution in [0.3, 0.4) is 0 Å². The van der Waals surface area contributed by atoms with Crippen LogP contribution in [-0.2, 0) is 20.5 Å². The highest BCUT2D eigenvalue weighted by Crippen LogP contribution is 2.36. The largest absolute Gasteiger partial charge is 0.495 e. The Balaban J connectivity index is 2.41. The summed E-state index contributed by atoms with van der Waals surface area (Å²) in [6.07, 6.45) is 1.81. The van der Waals surface area contributed by atoms with E-state index < -0.39 is 18.3 Å². The molecule has 0 saturated carbocycles. The van der Waals surface area contributed by atoms with E-state index in [9.17, 15) is 9.59 Å². The third kappa shape index (κ3) is 2.71. The predicted molar refractivity (Wildman–Crippen MR) is 77.2 cm³/mol. The molecule has 6 heteroatoms. The molecule has 0 unspecified atom stereocenters. The van der Waals surface area contributed by atoms with Crippen LogP contribution >= 0.6 is 0 Å². The molecule has 0 atom stereocenters. The lowest BCUT2D eigenvalue weighted by molar-refractivity contribution is -0.116. The molecule has 1 aliphatic heterocycles. The third-order valence-corrected chi connectivity index (χ3v) is 3.99. The Bertz CT molecular complexity index is 575. The van der Waals surface area contributed by atoms with Crippen molar-refractivity contribution in [2.75, 3.05) is 0 Å². The van der Waals surface area contributed by atoms with E-state index in [1.165, 1.54) is 13.0 Å². The molecule has 5 nitrogen and oxygen atoms in total. The molecule has 0 amide bonds. The van der Waals surface area contributed by atoms with E-state index in [-0.39, 0.29) is 17.8 Å². The van der Waals surface area contributed by atoms with Gasteiger partial charge in [0.25, 0.3) is 0 Å². The van der Waals surface area contributed by atoms with E-state index in [0.29, 0.717) is 5.46 Å². The summed E-state index contributed by atoms with van der Waals surface area (Å²) in [5, 5.41) is 0. The minimum atomic E-state index is -0.628. The first-order chi connectivity index (χ1) is 9.12. The number of aromatic amines is 1. The van der Waals surface area contributed by atoms with Crippen LogP contribution in [0.15, 0.2) is 17.1 Å². The van der Waals surface area contributed by atoms with Crippen LogP contribution in [0.2, 0.25) is 0 Å². The van der Waals surface area contributed by atoms with Crippen molar-refractivity contribution < 1.29 is 14.1 Å². The second-order valence-corrected chi connectivity index (χ2v) is 6.24. The maximum absolute atomic E-state index is 11.6. The Hall–Kier alpha value is -1.40. The third-order valence-electron chi connectivity index (χ3n) is 3.99. The monoisotopic (exact) mass is 277 g/mol. The highest BCUT2D eigenvalue weighted by atomic mass is 16.7.